The molecule has 3 nitrogen and oxygen atoms in total. The molecule has 1 spiro atoms. The fourth-order valence-electron chi connectivity index (χ4n) is 6.66. The third-order valence-corrected chi connectivity index (χ3v) is 9.45. The number of nitrogens with one attached hydrogen (secondary N) is 2. The summed E-state index contributed by atoms with van der Waals surface area (Å²) in [5.74, 6) is 1.73. The van der Waals surface area contributed by atoms with Crippen molar-refractivity contribution in [3.05, 3.63) is 179 Å². The number of benzene rings is 6. The van der Waals surface area contributed by atoms with Gasteiger partial charge in [0.1, 0.15) is 21.6 Å². The zero-order valence-corrected chi connectivity index (χ0v) is 24.0. The number of hydrogen-bond donors (Lipinski definition) is 2. The maximum absolute atomic E-state index is 8.59. The van der Waals surface area contributed by atoms with Gasteiger partial charge < -0.3 is 4.74 Å². The fourth-order valence-corrected chi connectivity index (χ4v) is 7.38. The van der Waals surface area contributed by atoms with E-state index in [0.29, 0.717) is 10.1 Å². The Bertz CT molecular complexity index is 2020. The van der Waals surface area contributed by atoms with Crippen LogP contribution in [0.4, 0.5) is 0 Å². The molecule has 0 amide bonds. The number of fused-ring (bicyclic) bond motifs is 9. The molecular formula is C39H26N2OS. The SMILES string of the molecule is N=C(SC(=N)c1ccc(-c2ccc3c(c2)Oc2ccccc2C32c3ccccc3-c3ccccc32)cc1)c1ccccc1. The molecule has 2 N–H and O–H groups in total. The number of para-hydroxylation sites is 1. The molecule has 1 aliphatic heterocycles. The van der Waals surface area contributed by atoms with Crippen LogP contribution in [-0.2, 0) is 5.41 Å². The van der Waals surface area contributed by atoms with E-state index in [-0.39, 0.29) is 0 Å². The second-order valence-electron chi connectivity index (χ2n) is 10.9. The van der Waals surface area contributed by atoms with Gasteiger partial charge in [-0.05, 0) is 45.5 Å². The van der Waals surface area contributed by atoms with E-state index in [1.54, 1.807) is 0 Å². The van der Waals surface area contributed by atoms with Crippen LogP contribution in [0.15, 0.2) is 146 Å². The molecule has 6 aromatic rings. The topological polar surface area (TPSA) is 56.9 Å². The molecule has 8 rings (SSSR count). The van der Waals surface area contributed by atoms with E-state index in [2.05, 4.69) is 84.9 Å². The standard InChI is InChI=1S/C39H26N2OS/c40-37(26-10-2-1-3-11-26)43-38(41)27-20-18-25(19-21-27)28-22-23-34-36(24-28)42-35-17-9-8-16-33(35)39(34)31-14-6-4-12-29(31)30-13-5-7-15-32(30)39/h1-24,40-41H. The van der Waals surface area contributed by atoms with Gasteiger partial charge in [-0.3, -0.25) is 10.8 Å². The first-order valence-electron chi connectivity index (χ1n) is 14.3. The lowest BCUT2D eigenvalue weighted by Gasteiger charge is -2.39. The van der Waals surface area contributed by atoms with Gasteiger partial charge in [0, 0.05) is 22.3 Å². The summed E-state index contributed by atoms with van der Waals surface area (Å²) in [7, 11) is 0. The van der Waals surface area contributed by atoms with Gasteiger partial charge in [-0.1, -0.05) is 145 Å². The van der Waals surface area contributed by atoms with Crippen LogP contribution in [0, 0.1) is 10.8 Å². The second kappa shape index (κ2) is 9.97. The molecule has 6 aromatic carbocycles. The number of thioether (sulfide) groups is 1. The van der Waals surface area contributed by atoms with Crippen molar-refractivity contribution < 1.29 is 4.74 Å². The molecule has 1 heterocycles. The summed E-state index contributed by atoms with van der Waals surface area (Å²) < 4.78 is 6.64. The Kier molecular flexibility index (Phi) is 5.92. The van der Waals surface area contributed by atoms with Crippen molar-refractivity contribution in [2.75, 3.05) is 0 Å². The quantitative estimate of drug-likeness (QED) is 0.164. The van der Waals surface area contributed by atoms with Crippen molar-refractivity contribution in [3.63, 3.8) is 0 Å². The molecule has 0 atom stereocenters. The van der Waals surface area contributed by atoms with Gasteiger partial charge in [-0.15, -0.1) is 0 Å². The van der Waals surface area contributed by atoms with Gasteiger partial charge in [0.15, 0.2) is 0 Å². The van der Waals surface area contributed by atoms with Crippen LogP contribution < -0.4 is 4.74 Å². The Balaban J connectivity index is 1.19. The summed E-state index contributed by atoms with van der Waals surface area (Å²) in [5, 5.41) is 17.7. The van der Waals surface area contributed by atoms with Crippen LogP contribution in [0.3, 0.4) is 0 Å². The average molecular weight is 571 g/mol. The molecule has 0 saturated carbocycles. The molecule has 204 valence electrons. The van der Waals surface area contributed by atoms with E-state index in [1.807, 2.05) is 60.7 Å². The van der Waals surface area contributed by atoms with Gasteiger partial charge in [0.25, 0.3) is 0 Å². The average Bonchev–Trinajstić information content (AvgIpc) is 3.36. The van der Waals surface area contributed by atoms with Crippen LogP contribution in [0.5, 0.6) is 11.5 Å². The van der Waals surface area contributed by atoms with Gasteiger partial charge in [-0.2, -0.15) is 0 Å². The normalized spacial score (nSPS) is 13.3. The van der Waals surface area contributed by atoms with Crippen molar-refractivity contribution in [2.45, 2.75) is 5.41 Å². The van der Waals surface area contributed by atoms with Crippen molar-refractivity contribution in [2.24, 2.45) is 0 Å². The van der Waals surface area contributed by atoms with Crippen LogP contribution in [0.2, 0.25) is 0 Å². The zero-order valence-electron chi connectivity index (χ0n) is 23.2. The Hall–Kier alpha value is -5.19. The minimum absolute atomic E-state index is 0.353. The van der Waals surface area contributed by atoms with Crippen LogP contribution in [-0.4, -0.2) is 10.1 Å². The zero-order chi connectivity index (χ0) is 29.0. The molecule has 1 aliphatic carbocycles. The highest BCUT2D eigenvalue weighted by atomic mass is 32.2. The Morgan fingerprint density at radius 1 is 0.465 bits per heavy atom. The van der Waals surface area contributed by atoms with E-state index in [1.165, 1.54) is 34.0 Å². The molecule has 2 aliphatic rings. The summed E-state index contributed by atoms with van der Waals surface area (Å²) in [6.07, 6.45) is 0. The molecule has 0 fully saturated rings. The summed E-state index contributed by atoms with van der Waals surface area (Å²) >= 11 is 1.17. The third-order valence-electron chi connectivity index (χ3n) is 8.57. The molecule has 0 unspecified atom stereocenters. The van der Waals surface area contributed by atoms with Crippen molar-refractivity contribution in [1.82, 2.24) is 0 Å². The summed E-state index contributed by atoms with van der Waals surface area (Å²) in [6, 6.07) is 50.0. The van der Waals surface area contributed by atoms with Gasteiger partial charge in [0.05, 0.1) is 5.41 Å². The van der Waals surface area contributed by atoms with Crippen LogP contribution in [0.25, 0.3) is 22.3 Å². The van der Waals surface area contributed by atoms with E-state index >= 15 is 0 Å². The summed E-state index contributed by atoms with van der Waals surface area (Å²) in [6.45, 7) is 0. The predicted octanol–water partition coefficient (Wildman–Crippen LogP) is 9.91. The first kappa shape index (κ1) is 25.5. The summed E-state index contributed by atoms with van der Waals surface area (Å²) in [4.78, 5) is 0. The maximum atomic E-state index is 8.59. The lowest BCUT2D eigenvalue weighted by Crippen LogP contribution is -2.32. The van der Waals surface area contributed by atoms with Crippen molar-refractivity contribution in [1.29, 1.82) is 10.8 Å². The Labute approximate surface area is 254 Å². The highest BCUT2D eigenvalue weighted by Crippen LogP contribution is 2.62. The third kappa shape index (κ3) is 3.91. The number of rotatable bonds is 3. The molecule has 0 bridgehead atoms. The minimum atomic E-state index is -0.463. The predicted molar refractivity (Wildman–Crippen MR) is 177 cm³/mol. The van der Waals surface area contributed by atoms with Crippen LogP contribution in [0.1, 0.15) is 33.4 Å². The van der Waals surface area contributed by atoms with Gasteiger partial charge in [-0.25, -0.2) is 0 Å². The van der Waals surface area contributed by atoms with Crippen molar-refractivity contribution in [3.8, 4) is 33.8 Å². The molecular weight excluding hydrogens is 545 g/mol. The number of ether oxygens (including phenoxy) is 1. The van der Waals surface area contributed by atoms with Gasteiger partial charge in [0.2, 0.25) is 0 Å². The number of hydrogen-bond acceptors (Lipinski definition) is 4. The lowest BCUT2D eigenvalue weighted by atomic mass is 9.66. The highest BCUT2D eigenvalue weighted by molar-refractivity contribution is 8.27. The maximum Gasteiger partial charge on any atom is 0.132 e. The molecule has 4 heteroatoms. The molecule has 0 radical (unpaired) electrons. The monoisotopic (exact) mass is 570 g/mol. The molecule has 0 saturated heterocycles. The Morgan fingerprint density at radius 3 is 1.65 bits per heavy atom. The molecule has 0 aromatic heterocycles. The first-order valence-corrected chi connectivity index (χ1v) is 15.1. The minimum Gasteiger partial charge on any atom is -0.457 e. The van der Waals surface area contributed by atoms with Crippen LogP contribution >= 0.6 is 11.8 Å². The molecule has 43 heavy (non-hydrogen) atoms. The van der Waals surface area contributed by atoms with E-state index in [0.717, 1.165) is 44.9 Å². The second-order valence-corrected chi connectivity index (χ2v) is 11.9. The Morgan fingerprint density at radius 2 is 0.977 bits per heavy atom. The fraction of sp³-hybridized carbons (Fsp3) is 0.0256. The van der Waals surface area contributed by atoms with E-state index in [9.17, 15) is 0 Å². The van der Waals surface area contributed by atoms with Gasteiger partial charge >= 0.3 is 0 Å². The van der Waals surface area contributed by atoms with E-state index in [4.69, 9.17) is 15.6 Å². The first-order chi connectivity index (χ1) is 21.1. The largest absolute Gasteiger partial charge is 0.457 e. The summed E-state index contributed by atoms with van der Waals surface area (Å²) in [5.41, 5.74) is 10.6. The lowest BCUT2D eigenvalue weighted by molar-refractivity contribution is 0.436. The smallest absolute Gasteiger partial charge is 0.132 e. The van der Waals surface area contributed by atoms with E-state index < -0.39 is 5.41 Å². The highest BCUT2D eigenvalue weighted by Gasteiger charge is 2.50. The van der Waals surface area contributed by atoms with Crippen molar-refractivity contribution >= 4 is 21.8 Å².